The molecule has 2 rings (SSSR count). The molecule has 1 aliphatic rings. The SMILES string of the molecule is CNC(=O)C1CCCN1c1ccncc1. The van der Waals surface area contributed by atoms with Crippen LogP contribution in [0, 0.1) is 0 Å². The number of hydrogen-bond acceptors (Lipinski definition) is 3. The quantitative estimate of drug-likeness (QED) is 0.776. The number of anilines is 1. The van der Waals surface area contributed by atoms with Gasteiger partial charge in [-0.3, -0.25) is 9.78 Å². The summed E-state index contributed by atoms with van der Waals surface area (Å²) in [4.78, 5) is 17.7. The summed E-state index contributed by atoms with van der Waals surface area (Å²) in [5, 5.41) is 2.71. The molecule has 1 N–H and O–H groups in total. The fourth-order valence-corrected chi connectivity index (χ4v) is 2.05. The minimum Gasteiger partial charge on any atom is -0.359 e. The van der Waals surface area contributed by atoms with Gasteiger partial charge in [0.25, 0.3) is 0 Å². The molecule has 1 aromatic heterocycles. The first-order valence-electron chi connectivity index (χ1n) is 5.21. The third kappa shape index (κ3) is 1.93. The molecule has 4 nitrogen and oxygen atoms in total. The monoisotopic (exact) mass is 205 g/mol. The number of aromatic nitrogens is 1. The molecule has 0 radical (unpaired) electrons. The van der Waals surface area contributed by atoms with Gasteiger partial charge in [-0.05, 0) is 25.0 Å². The van der Waals surface area contributed by atoms with E-state index < -0.39 is 0 Å². The molecule has 1 atom stereocenters. The highest BCUT2D eigenvalue weighted by Gasteiger charge is 2.29. The molecule has 0 spiro atoms. The van der Waals surface area contributed by atoms with Gasteiger partial charge in [-0.1, -0.05) is 0 Å². The van der Waals surface area contributed by atoms with Crippen LogP contribution >= 0.6 is 0 Å². The first-order valence-corrected chi connectivity index (χ1v) is 5.21. The number of nitrogens with one attached hydrogen (secondary N) is 1. The fourth-order valence-electron chi connectivity index (χ4n) is 2.05. The third-order valence-electron chi connectivity index (χ3n) is 2.80. The van der Waals surface area contributed by atoms with Crippen LogP contribution < -0.4 is 10.2 Å². The van der Waals surface area contributed by atoms with Gasteiger partial charge < -0.3 is 10.2 Å². The Labute approximate surface area is 89.3 Å². The predicted octanol–water partition coefficient (Wildman–Crippen LogP) is 0.796. The summed E-state index contributed by atoms with van der Waals surface area (Å²) >= 11 is 0. The van der Waals surface area contributed by atoms with E-state index in [-0.39, 0.29) is 11.9 Å². The van der Waals surface area contributed by atoms with Gasteiger partial charge in [-0.15, -0.1) is 0 Å². The normalized spacial score (nSPS) is 20.3. The zero-order valence-electron chi connectivity index (χ0n) is 8.81. The lowest BCUT2D eigenvalue weighted by atomic mass is 10.2. The van der Waals surface area contributed by atoms with Crippen molar-refractivity contribution in [2.75, 3.05) is 18.5 Å². The predicted molar refractivity (Wildman–Crippen MR) is 58.7 cm³/mol. The van der Waals surface area contributed by atoms with Gasteiger partial charge in [0.05, 0.1) is 0 Å². The summed E-state index contributed by atoms with van der Waals surface area (Å²) in [6, 6.07) is 3.88. The van der Waals surface area contributed by atoms with E-state index in [0.717, 1.165) is 25.1 Å². The lowest BCUT2D eigenvalue weighted by Crippen LogP contribution is -2.41. The average Bonchev–Trinajstić information content (AvgIpc) is 2.78. The molecule has 2 heterocycles. The number of carbonyl (C=O) groups excluding carboxylic acids is 1. The van der Waals surface area contributed by atoms with E-state index in [9.17, 15) is 4.79 Å². The van der Waals surface area contributed by atoms with Crippen LogP contribution in [0.15, 0.2) is 24.5 Å². The second-order valence-corrected chi connectivity index (χ2v) is 3.67. The molecule has 0 saturated carbocycles. The van der Waals surface area contributed by atoms with Crippen LogP contribution in [-0.4, -0.2) is 30.5 Å². The van der Waals surface area contributed by atoms with E-state index in [1.54, 1.807) is 19.4 Å². The van der Waals surface area contributed by atoms with E-state index >= 15 is 0 Å². The van der Waals surface area contributed by atoms with Crippen LogP contribution in [-0.2, 0) is 4.79 Å². The van der Waals surface area contributed by atoms with Gasteiger partial charge in [-0.25, -0.2) is 0 Å². The Hall–Kier alpha value is -1.58. The maximum absolute atomic E-state index is 11.6. The Morgan fingerprint density at radius 1 is 1.53 bits per heavy atom. The number of likely N-dealkylation sites (N-methyl/N-ethyl adjacent to an activating group) is 1. The second kappa shape index (κ2) is 4.29. The highest BCUT2D eigenvalue weighted by atomic mass is 16.2. The van der Waals surface area contributed by atoms with Crippen molar-refractivity contribution in [2.45, 2.75) is 18.9 Å². The van der Waals surface area contributed by atoms with Crippen molar-refractivity contribution in [1.82, 2.24) is 10.3 Å². The van der Waals surface area contributed by atoms with Crippen LogP contribution in [0.2, 0.25) is 0 Å². The van der Waals surface area contributed by atoms with Crippen LogP contribution in [0.1, 0.15) is 12.8 Å². The minimum absolute atomic E-state index is 0.0163. The molecular weight excluding hydrogens is 190 g/mol. The van der Waals surface area contributed by atoms with Gasteiger partial charge in [-0.2, -0.15) is 0 Å². The molecule has 1 aliphatic heterocycles. The maximum atomic E-state index is 11.6. The van der Waals surface area contributed by atoms with E-state index in [1.807, 2.05) is 12.1 Å². The Morgan fingerprint density at radius 2 is 2.27 bits per heavy atom. The van der Waals surface area contributed by atoms with Crippen LogP contribution in [0.5, 0.6) is 0 Å². The summed E-state index contributed by atoms with van der Waals surface area (Å²) in [6.07, 6.45) is 5.52. The lowest BCUT2D eigenvalue weighted by Gasteiger charge is -2.25. The van der Waals surface area contributed by atoms with Gasteiger partial charge >= 0.3 is 0 Å². The van der Waals surface area contributed by atoms with E-state index in [0.29, 0.717) is 0 Å². The van der Waals surface area contributed by atoms with Gasteiger partial charge in [0, 0.05) is 31.7 Å². The molecule has 1 unspecified atom stereocenters. The topological polar surface area (TPSA) is 45.2 Å². The molecular formula is C11H15N3O. The summed E-state index contributed by atoms with van der Waals surface area (Å²) < 4.78 is 0. The van der Waals surface area contributed by atoms with Crippen molar-refractivity contribution < 1.29 is 4.79 Å². The summed E-state index contributed by atoms with van der Waals surface area (Å²) in [5.41, 5.74) is 1.08. The molecule has 0 bridgehead atoms. The fraction of sp³-hybridized carbons (Fsp3) is 0.455. The van der Waals surface area contributed by atoms with Crippen LogP contribution in [0.3, 0.4) is 0 Å². The Balaban J connectivity index is 2.18. The number of rotatable bonds is 2. The molecule has 80 valence electrons. The first kappa shape index (κ1) is 9.96. The third-order valence-corrected chi connectivity index (χ3v) is 2.80. The Bertz CT molecular complexity index is 339. The van der Waals surface area contributed by atoms with E-state index in [1.165, 1.54) is 0 Å². The largest absolute Gasteiger partial charge is 0.359 e. The van der Waals surface area contributed by atoms with E-state index in [2.05, 4.69) is 15.2 Å². The molecule has 0 aliphatic carbocycles. The second-order valence-electron chi connectivity index (χ2n) is 3.67. The number of nitrogens with zero attached hydrogens (tertiary/aromatic N) is 2. The van der Waals surface area contributed by atoms with Crippen LogP contribution in [0.4, 0.5) is 5.69 Å². The molecule has 4 heteroatoms. The molecule has 1 amide bonds. The number of pyridine rings is 1. The van der Waals surface area contributed by atoms with Gasteiger partial charge in [0.15, 0.2) is 0 Å². The number of amides is 1. The van der Waals surface area contributed by atoms with E-state index in [4.69, 9.17) is 0 Å². The Morgan fingerprint density at radius 3 is 2.93 bits per heavy atom. The summed E-state index contributed by atoms with van der Waals surface area (Å²) in [5.74, 6) is 0.101. The average molecular weight is 205 g/mol. The van der Waals surface area contributed by atoms with Gasteiger partial charge in [0.1, 0.15) is 6.04 Å². The summed E-state index contributed by atoms with van der Waals surface area (Å²) in [6.45, 7) is 0.947. The Kier molecular flexibility index (Phi) is 2.85. The van der Waals surface area contributed by atoms with Crippen molar-refractivity contribution in [1.29, 1.82) is 0 Å². The smallest absolute Gasteiger partial charge is 0.242 e. The van der Waals surface area contributed by atoms with Crippen molar-refractivity contribution in [3.05, 3.63) is 24.5 Å². The van der Waals surface area contributed by atoms with Crippen LogP contribution in [0.25, 0.3) is 0 Å². The van der Waals surface area contributed by atoms with Crippen molar-refractivity contribution >= 4 is 11.6 Å². The molecule has 1 saturated heterocycles. The van der Waals surface area contributed by atoms with Gasteiger partial charge in [0.2, 0.25) is 5.91 Å². The lowest BCUT2D eigenvalue weighted by molar-refractivity contribution is -0.121. The molecule has 1 aromatic rings. The molecule has 15 heavy (non-hydrogen) atoms. The first-order chi connectivity index (χ1) is 7.33. The highest BCUT2D eigenvalue weighted by molar-refractivity contribution is 5.85. The number of carbonyl (C=O) groups is 1. The minimum atomic E-state index is -0.0163. The zero-order valence-corrected chi connectivity index (χ0v) is 8.81. The van der Waals surface area contributed by atoms with Crippen molar-refractivity contribution in [2.24, 2.45) is 0 Å². The molecule has 0 aromatic carbocycles. The molecule has 1 fully saturated rings. The summed E-state index contributed by atoms with van der Waals surface area (Å²) in [7, 11) is 1.69. The standard InChI is InChI=1S/C11H15N3O/c1-12-11(15)10-3-2-8-14(10)9-4-6-13-7-5-9/h4-7,10H,2-3,8H2,1H3,(H,12,15). The van der Waals surface area contributed by atoms with Crippen molar-refractivity contribution in [3.8, 4) is 0 Å². The van der Waals surface area contributed by atoms with Crippen molar-refractivity contribution in [3.63, 3.8) is 0 Å². The maximum Gasteiger partial charge on any atom is 0.242 e. The number of hydrogen-bond donors (Lipinski definition) is 1. The highest BCUT2D eigenvalue weighted by Crippen LogP contribution is 2.24. The zero-order chi connectivity index (χ0) is 10.7.